The minimum atomic E-state index is -0.183. The molecule has 0 amide bonds. The largest absolute Gasteiger partial charge is 0.466 e. The Kier molecular flexibility index (Phi) is 6.50. The molecular weight excluding hydrogens is 245 g/mol. The van der Waals surface area contributed by atoms with Gasteiger partial charge in [-0.1, -0.05) is 12.1 Å². The second-order valence-electron chi connectivity index (χ2n) is 4.59. The fraction of sp³-hybridized carbons (Fsp3) is 0.533. The molecule has 0 saturated heterocycles. The molecule has 19 heavy (non-hydrogen) atoms. The molecular formula is C15H22FNO2. The summed E-state index contributed by atoms with van der Waals surface area (Å²) in [6.07, 6.45) is 1.13. The summed E-state index contributed by atoms with van der Waals surface area (Å²) in [6.45, 7) is 6.65. The Morgan fingerprint density at radius 2 is 2.21 bits per heavy atom. The first-order chi connectivity index (χ1) is 9.04. The van der Waals surface area contributed by atoms with Crippen LogP contribution < -0.4 is 5.32 Å². The van der Waals surface area contributed by atoms with E-state index in [0.29, 0.717) is 25.1 Å². The van der Waals surface area contributed by atoms with Crippen LogP contribution in [0.4, 0.5) is 4.39 Å². The number of carbonyl (C=O) groups is 1. The molecule has 0 aliphatic heterocycles. The molecule has 106 valence electrons. The van der Waals surface area contributed by atoms with Gasteiger partial charge in [-0.25, -0.2) is 4.39 Å². The average Bonchev–Trinajstić information content (AvgIpc) is 2.38. The lowest BCUT2D eigenvalue weighted by Crippen LogP contribution is -2.21. The molecule has 0 radical (unpaired) electrons. The standard InChI is InChI=1S/C15H22FNO2/c1-4-19-15(18)6-5-9-17-12(3)13-8-7-11(2)14(16)10-13/h7-8,10,12,17H,4-6,9H2,1-3H3. The smallest absolute Gasteiger partial charge is 0.305 e. The van der Waals surface area contributed by atoms with Gasteiger partial charge in [-0.2, -0.15) is 0 Å². The Bertz CT molecular complexity index is 421. The van der Waals surface area contributed by atoms with E-state index in [9.17, 15) is 9.18 Å². The number of hydrogen-bond acceptors (Lipinski definition) is 3. The number of halogens is 1. The topological polar surface area (TPSA) is 38.3 Å². The van der Waals surface area contributed by atoms with Gasteiger partial charge in [0.25, 0.3) is 0 Å². The summed E-state index contributed by atoms with van der Waals surface area (Å²) < 4.78 is 18.3. The average molecular weight is 267 g/mol. The Labute approximate surface area is 114 Å². The van der Waals surface area contributed by atoms with Crippen LogP contribution in [-0.2, 0) is 9.53 Å². The van der Waals surface area contributed by atoms with Gasteiger partial charge in [-0.05, 0) is 50.9 Å². The third-order valence-electron chi connectivity index (χ3n) is 3.01. The first-order valence-corrected chi connectivity index (χ1v) is 6.69. The highest BCUT2D eigenvalue weighted by Crippen LogP contribution is 2.16. The van der Waals surface area contributed by atoms with E-state index >= 15 is 0 Å². The van der Waals surface area contributed by atoms with Crippen LogP contribution in [0.25, 0.3) is 0 Å². The van der Waals surface area contributed by atoms with Crippen molar-refractivity contribution in [1.82, 2.24) is 5.32 Å². The van der Waals surface area contributed by atoms with Crippen LogP contribution >= 0.6 is 0 Å². The molecule has 0 bridgehead atoms. The lowest BCUT2D eigenvalue weighted by Gasteiger charge is -2.14. The highest BCUT2D eigenvalue weighted by atomic mass is 19.1. The summed E-state index contributed by atoms with van der Waals surface area (Å²) in [7, 11) is 0. The lowest BCUT2D eigenvalue weighted by atomic mass is 10.1. The van der Waals surface area contributed by atoms with Crippen molar-refractivity contribution in [3.63, 3.8) is 0 Å². The molecule has 4 heteroatoms. The predicted octanol–water partition coefficient (Wildman–Crippen LogP) is 3.13. The SMILES string of the molecule is CCOC(=O)CCCNC(C)c1ccc(C)c(F)c1. The van der Waals surface area contributed by atoms with E-state index in [2.05, 4.69) is 5.32 Å². The number of hydrogen-bond donors (Lipinski definition) is 1. The molecule has 3 nitrogen and oxygen atoms in total. The molecule has 0 aliphatic carbocycles. The van der Waals surface area contributed by atoms with Crippen molar-refractivity contribution in [2.24, 2.45) is 0 Å². The predicted molar refractivity (Wildman–Crippen MR) is 73.4 cm³/mol. The maximum Gasteiger partial charge on any atom is 0.305 e. The molecule has 1 atom stereocenters. The van der Waals surface area contributed by atoms with Gasteiger partial charge in [0, 0.05) is 12.5 Å². The van der Waals surface area contributed by atoms with Crippen LogP contribution in [0.1, 0.15) is 43.9 Å². The summed E-state index contributed by atoms with van der Waals surface area (Å²) >= 11 is 0. The number of aryl methyl sites for hydroxylation is 1. The molecule has 1 N–H and O–H groups in total. The monoisotopic (exact) mass is 267 g/mol. The van der Waals surface area contributed by atoms with E-state index in [1.54, 1.807) is 26.0 Å². The number of esters is 1. The molecule has 0 aliphatic rings. The highest BCUT2D eigenvalue weighted by molar-refractivity contribution is 5.69. The van der Waals surface area contributed by atoms with Gasteiger partial charge >= 0.3 is 5.97 Å². The van der Waals surface area contributed by atoms with Crippen molar-refractivity contribution < 1.29 is 13.9 Å². The van der Waals surface area contributed by atoms with Gasteiger partial charge in [0.05, 0.1) is 6.61 Å². The van der Waals surface area contributed by atoms with Gasteiger partial charge in [0.15, 0.2) is 0 Å². The number of benzene rings is 1. The molecule has 0 heterocycles. The number of nitrogens with one attached hydrogen (secondary N) is 1. The molecule has 0 spiro atoms. The first-order valence-electron chi connectivity index (χ1n) is 6.69. The minimum Gasteiger partial charge on any atom is -0.466 e. The highest BCUT2D eigenvalue weighted by Gasteiger charge is 2.07. The Hall–Kier alpha value is -1.42. The van der Waals surface area contributed by atoms with Gasteiger partial charge in [0.1, 0.15) is 5.82 Å². The van der Waals surface area contributed by atoms with Crippen LogP contribution in [0.15, 0.2) is 18.2 Å². The quantitative estimate of drug-likeness (QED) is 0.609. The lowest BCUT2D eigenvalue weighted by molar-refractivity contribution is -0.143. The van der Waals surface area contributed by atoms with Crippen LogP contribution in [0.2, 0.25) is 0 Å². The van der Waals surface area contributed by atoms with Crippen molar-refractivity contribution in [2.75, 3.05) is 13.2 Å². The number of carbonyl (C=O) groups excluding carboxylic acids is 1. The summed E-state index contributed by atoms with van der Waals surface area (Å²) in [5, 5.41) is 3.27. The normalized spacial score (nSPS) is 12.2. The van der Waals surface area contributed by atoms with E-state index in [1.165, 1.54) is 0 Å². The van der Waals surface area contributed by atoms with Crippen LogP contribution in [0.3, 0.4) is 0 Å². The molecule has 1 unspecified atom stereocenters. The summed E-state index contributed by atoms with van der Waals surface area (Å²) in [5.41, 5.74) is 1.57. The molecule has 1 aromatic rings. The van der Waals surface area contributed by atoms with Crippen molar-refractivity contribution in [2.45, 2.75) is 39.7 Å². The Morgan fingerprint density at radius 1 is 1.47 bits per heavy atom. The maximum absolute atomic E-state index is 13.4. The minimum absolute atomic E-state index is 0.0669. The third-order valence-corrected chi connectivity index (χ3v) is 3.01. The molecule has 0 aromatic heterocycles. The van der Waals surface area contributed by atoms with E-state index < -0.39 is 0 Å². The second-order valence-corrected chi connectivity index (χ2v) is 4.59. The fourth-order valence-electron chi connectivity index (χ4n) is 1.78. The number of rotatable bonds is 7. The second kappa shape index (κ2) is 7.89. The summed E-state index contributed by atoms with van der Waals surface area (Å²) in [5.74, 6) is -0.351. The zero-order valence-electron chi connectivity index (χ0n) is 11.8. The van der Waals surface area contributed by atoms with Crippen LogP contribution in [0, 0.1) is 12.7 Å². The molecule has 1 aromatic carbocycles. The van der Waals surface area contributed by atoms with E-state index in [1.807, 2.05) is 13.0 Å². The van der Waals surface area contributed by atoms with E-state index in [-0.39, 0.29) is 17.8 Å². The molecule has 0 saturated carbocycles. The van der Waals surface area contributed by atoms with Crippen molar-refractivity contribution >= 4 is 5.97 Å². The van der Waals surface area contributed by atoms with E-state index in [4.69, 9.17) is 4.74 Å². The van der Waals surface area contributed by atoms with Crippen LogP contribution in [0.5, 0.6) is 0 Å². The van der Waals surface area contributed by atoms with Gasteiger partial charge in [-0.15, -0.1) is 0 Å². The number of ether oxygens (including phenoxy) is 1. The molecule has 0 fully saturated rings. The van der Waals surface area contributed by atoms with Gasteiger partial charge in [-0.3, -0.25) is 4.79 Å². The Morgan fingerprint density at radius 3 is 2.84 bits per heavy atom. The van der Waals surface area contributed by atoms with E-state index in [0.717, 1.165) is 12.0 Å². The van der Waals surface area contributed by atoms with Crippen LogP contribution in [-0.4, -0.2) is 19.1 Å². The van der Waals surface area contributed by atoms with Crippen molar-refractivity contribution in [1.29, 1.82) is 0 Å². The maximum atomic E-state index is 13.4. The summed E-state index contributed by atoms with van der Waals surface area (Å²) in [6, 6.07) is 5.32. The molecule has 1 rings (SSSR count). The third kappa shape index (κ3) is 5.39. The van der Waals surface area contributed by atoms with Crippen molar-refractivity contribution in [3.8, 4) is 0 Å². The van der Waals surface area contributed by atoms with Gasteiger partial charge < -0.3 is 10.1 Å². The van der Waals surface area contributed by atoms with Crippen molar-refractivity contribution in [3.05, 3.63) is 35.1 Å². The zero-order valence-corrected chi connectivity index (χ0v) is 11.8. The zero-order chi connectivity index (χ0) is 14.3. The Balaban J connectivity index is 2.33. The fourth-order valence-corrected chi connectivity index (χ4v) is 1.78. The first kappa shape index (κ1) is 15.6. The summed E-state index contributed by atoms with van der Waals surface area (Å²) in [4.78, 5) is 11.1. The van der Waals surface area contributed by atoms with Gasteiger partial charge in [0.2, 0.25) is 0 Å².